The molecule has 4 rings (SSSR count). The molecule has 23 heavy (non-hydrogen) atoms. The highest BCUT2D eigenvalue weighted by Gasteiger charge is 2.24. The van der Waals surface area contributed by atoms with Gasteiger partial charge >= 0.3 is 0 Å². The molecule has 1 aliphatic rings. The first-order valence-corrected chi connectivity index (χ1v) is 8.65. The maximum atomic E-state index is 12.4. The number of aromatic nitrogens is 3. The number of nitrogens with one attached hydrogen (secondary N) is 2. The summed E-state index contributed by atoms with van der Waals surface area (Å²) < 4.78 is 2.89. The Hall–Kier alpha value is -2.08. The Labute approximate surface area is 141 Å². The van der Waals surface area contributed by atoms with Crippen molar-refractivity contribution >= 4 is 38.3 Å². The third-order valence-corrected chi connectivity index (χ3v) is 5.01. The van der Waals surface area contributed by atoms with Crippen molar-refractivity contribution in [3.63, 3.8) is 0 Å². The number of fused-ring (bicyclic) bond motifs is 1. The number of rotatable bonds is 3. The molecule has 0 spiro atoms. The van der Waals surface area contributed by atoms with E-state index in [1.165, 1.54) is 12.8 Å². The fourth-order valence-electron chi connectivity index (χ4n) is 3.31. The van der Waals surface area contributed by atoms with Crippen molar-refractivity contribution in [1.82, 2.24) is 14.8 Å². The zero-order valence-corrected chi connectivity index (χ0v) is 14.1. The van der Waals surface area contributed by atoms with Gasteiger partial charge in [-0.1, -0.05) is 31.0 Å². The molecule has 1 saturated carbocycles. The van der Waals surface area contributed by atoms with Crippen LogP contribution in [0.3, 0.4) is 0 Å². The van der Waals surface area contributed by atoms with Gasteiger partial charge in [0.15, 0.2) is 5.82 Å². The quantitative estimate of drug-likeness (QED) is 0.718. The molecule has 0 bridgehead atoms. The van der Waals surface area contributed by atoms with Crippen LogP contribution in [0.15, 0.2) is 45.8 Å². The van der Waals surface area contributed by atoms with Gasteiger partial charge in [-0.2, -0.15) is 5.10 Å². The minimum atomic E-state index is -0.120. The van der Waals surface area contributed by atoms with Crippen molar-refractivity contribution in [1.29, 1.82) is 0 Å². The molecule has 0 unspecified atom stereocenters. The molecule has 1 fully saturated rings. The lowest BCUT2D eigenvalue weighted by atomic mass is 10.2. The van der Waals surface area contributed by atoms with Crippen molar-refractivity contribution in [3.8, 4) is 0 Å². The predicted octanol–water partition coefficient (Wildman–Crippen LogP) is 4.35. The smallest absolute Gasteiger partial charge is 0.261 e. The lowest BCUT2D eigenvalue weighted by Crippen LogP contribution is -2.09. The van der Waals surface area contributed by atoms with E-state index < -0.39 is 0 Å². The minimum absolute atomic E-state index is 0.120. The Kier molecular flexibility index (Phi) is 3.69. The molecule has 118 valence electrons. The molecule has 6 heteroatoms. The number of halogens is 1. The summed E-state index contributed by atoms with van der Waals surface area (Å²) in [6.45, 7) is 0. The topological polar surface area (TPSA) is 62.7 Å². The Balaban J connectivity index is 1.90. The number of para-hydroxylation sites is 1. The molecule has 0 saturated heterocycles. The van der Waals surface area contributed by atoms with Gasteiger partial charge in [-0.15, -0.1) is 0 Å². The van der Waals surface area contributed by atoms with Crippen LogP contribution in [0.2, 0.25) is 0 Å². The van der Waals surface area contributed by atoms with Gasteiger partial charge in [0.05, 0.1) is 16.0 Å². The van der Waals surface area contributed by atoms with E-state index in [0.29, 0.717) is 17.2 Å². The molecule has 0 radical (unpaired) electrons. The molecular weight excluding hydrogens is 356 g/mol. The monoisotopic (exact) mass is 372 g/mol. The van der Waals surface area contributed by atoms with Gasteiger partial charge in [-0.05, 0) is 40.9 Å². The van der Waals surface area contributed by atoms with Crippen LogP contribution in [0.5, 0.6) is 0 Å². The summed E-state index contributed by atoms with van der Waals surface area (Å²) in [5, 5.41) is 8.64. The second kappa shape index (κ2) is 5.85. The third kappa shape index (κ3) is 2.57. The second-order valence-corrected chi connectivity index (χ2v) is 6.77. The summed E-state index contributed by atoms with van der Waals surface area (Å²) in [7, 11) is 0. The van der Waals surface area contributed by atoms with E-state index in [1.807, 2.05) is 35.0 Å². The molecule has 3 aromatic rings. The second-order valence-electron chi connectivity index (χ2n) is 5.91. The number of aromatic amines is 1. The number of nitrogens with zero attached hydrogens (tertiary/aromatic N) is 2. The van der Waals surface area contributed by atoms with Gasteiger partial charge < -0.3 is 10.3 Å². The van der Waals surface area contributed by atoms with E-state index in [9.17, 15) is 4.79 Å². The summed E-state index contributed by atoms with van der Waals surface area (Å²) >= 11 is 3.57. The number of anilines is 2. The number of benzene rings is 1. The Bertz CT molecular complexity index is 894. The summed E-state index contributed by atoms with van der Waals surface area (Å²) in [4.78, 5) is 15.2. The molecule has 0 amide bonds. The van der Waals surface area contributed by atoms with E-state index in [4.69, 9.17) is 5.10 Å². The summed E-state index contributed by atoms with van der Waals surface area (Å²) in [5.41, 5.74) is 1.68. The third-order valence-electron chi connectivity index (χ3n) is 4.40. The average Bonchev–Trinajstić information content (AvgIpc) is 3.20. The molecule has 2 heterocycles. The fourth-order valence-corrected chi connectivity index (χ4v) is 3.80. The van der Waals surface area contributed by atoms with Crippen LogP contribution in [-0.2, 0) is 0 Å². The van der Waals surface area contributed by atoms with E-state index in [-0.39, 0.29) is 5.56 Å². The number of hydrogen-bond acceptors (Lipinski definition) is 3. The zero-order valence-electron chi connectivity index (χ0n) is 12.6. The van der Waals surface area contributed by atoms with Gasteiger partial charge in [-0.25, -0.2) is 0 Å². The largest absolute Gasteiger partial charge is 0.338 e. The van der Waals surface area contributed by atoms with Crippen molar-refractivity contribution < 1.29 is 0 Å². The van der Waals surface area contributed by atoms with Crippen LogP contribution < -0.4 is 10.9 Å². The van der Waals surface area contributed by atoms with E-state index in [2.05, 4.69) is 26.2 Å². The maximum absolute atomic E-state index is 12.4. The normalized spacial score (nSPS) is 15.3. The van der Waals surface area contributed by atoms with Crippen LogP contribution in [0, 0.1) is 0 Å². The van der Waals surface area contributed by atoms with Gasteiger partial charge in [-0.3, -0.25) is 9.48 Å². The van der Waals surface area contributed by atoms with Gasteiger partial charge in [0, 0.05) is 11.9 Å². The standard InChI is InChI=1S/C17H17BrN4O/c18-13-10-19-17(23)14-15(13)22(12-8-4-5-9-12)21-16(14)20-11-6-2-1-3-7-11/h1-3,6-7,10,12H,4-5,8-9H2,(H,19,23)(H,20,21). The SMILES string of the molecule is O=c1[nH]cc(Br)c2c1c(Nc1ccccc1)nn2C1CCCC1. The molecule has 2 aromatic heterocycles. The number of pyridine rings is 1. The minimum Gasteiger partial charge on any atom is -0.338 e. The van der Waals surface area contributed by atoms with Crippen LogP contribution >= 0.6 is 15.9 Å². The Morgan fingerprint density at radius 1 is 1.22 bits per heavy atom. The molecule has 0 aliphatic heterocycles. The predicted molar refractivity (Wildman–Crippen MR) is 95.3 cm³/mol. The zero-order chi connectivity index (χ0) is 15.8. The highest BCUT2D eigenvalue weighted by molar-refractivity contribution is 9.10. The van der Waals surface area contributed by atoms with Crippen LogP contribution in [-0.4, -0.2) is 14.8 Å². The van der Waals surface area contributed by atoms with E-state index >= 15 is 0 Å². The lowest BCUT2D eigenvalue weighted by molar-refractivity contribution is 0.483. The molecule has 1 aromatic carbocycles. The molecule has 5 nitrogen and oxygen atoms in total. The van der Waals surface area contributed by atoms with E-state index in [0.717, 1.165) is 28.5 Å². The summed E-state index contributed by atoms with van der Waals surface area (Å²) in [5.74, 6) is 0.612. The molecule has 1 aliphatic carbocycles. The van der Waals surface area contributed by atoms with Crippen LogP contribution in [0.1, 0.15) is 31.7 Å². The van der Waals surface area contributed by atoms with Crippen LogP contribution in [0.25, 0.3) is 10.9 Å². The van der Waals surface area contributed by atoms with Crippen molar-refractivity contribution in [2.24, 2.45) is 0 Å². The first-order chi connectivity index (χ1) is 11.2. The van der Waals surface area contributed by atoms with E-state index in [1.54, 1.807) is 6.20 Å². The lowest BCUT2D eigenvalue weighted by Gasteiger charge is -2.11. The van der Waals surface area contributed by atoms with Gasteiger partial charge in [0.25, 0.3) is 5.56 Å². The Morgan fingerprint density at radius 2 is 1.96 bits per heavy atom. The van der Waals surface area contributed by atoms with Gasteiger partial charge in [0.1, 0.15) is 5.39 Å². The highest BCUT2D eigenvalue weighted by Crippen LogP contribution is 2.36. The first-order valence-electron chi connectivity index (χ1n) is 7.85. The average molecular weight is 373 g/mol. The summed E-state index contributed by atoms with van der Waals surface area (Å²) in [6.07, 6.45) is 6.36. The van der Waals surface area contributed by atoms with Gasteiger partial charge in [0.2, 0.25) is 0 Å². The molecule has 0 atom stereocenters. The fraction of sp³-hybridized carbons (Fsp3) is 0.294. The Morgan fingerprint density at radius 3 is 2.70 bits per heavy atom. The number of hydrogen-bond donors (Lipinski definition) is 2. The molecular formula is C17H17BrN4O. The van der Waals surface area contributed by atoms with Crippen LogP contribution in [0.4, 0.5) is 11.5 Å². The number of H-pyrrole nitrogens is 1. The van der Waals surface area contributed by atoms with Crippen molar-refractivity contribution in [3.05, 3.63) is 51.4 Å². The van der Waals surface area contributed by atoms with Crippen molar-refractivity contribution in [2.45, 2.75) is 31.7 Å². The molecule has 2 N–H and O–H groups in total. The first kappa shape index (κ1) is 14.5. The maximum Gasteiger partial charge on any atom is 0.261 e. The summed E-state index contributed by atoms with van der Waals surface area (Å²) in [6, 6.07) is 10.2. The highest BCUT2D eigenvalue weighted by atomic mass is 79.9. The van der Waals surface area contributed by atoms with Crippen molar-refractivity contribution in [2.75, 3.05) is 5.32 Å².